The Labute approximate surface area is 154 Å². The molecule has 1 amide bonds. The molecule has 6 nitrogen and oxygen atoms in total. The van der Waals surface area contributed by atoms with Crippen LogP contribution in [0.15, 0.2) is 24.3 Å². The van der Waals surface area contributed by atoms with Gasteiger partial charge in [0.15, 0.2) is 0 Å². The van der Waals surface area contributed by atoms with Crippen LogP contribution < -0.4 is 10.1 Å². The topological polar surface area (TPSA) is 71.0 Å². The predicted molar refractivity (Wildman–Crippen MR) is 97.2 cm³/mol. The van der Waals surface area contributed by atoms with Crippen molar-refractivity contribution in [3.05, 3.63) is 29.3 Å². The van der Waals surface area contributed by atoms with Crippen molar-refractivity contribution in [2.75, 3.05) is 26.2 Å². The molecule has 0 bridgehead atoms. The van der Waals surface area contributed by atoms with Gasteiger partial charge in [-0.25, -0.2) is 4.79 Å². The minimum absolute atomic E-state index is 0.00000420. The van der Waals surface area contributed by atoms with E-state index in [1.807, 2.05) is 32.9 Å². The summed E-state index contributed by atoms with van der Waals surface area (Å²) in [5.41, 5.74) is -0.510. The van der Waals surface area contributed by atoms with E-state index in [2.05, 4.69) is 10.2 Å². The fourth-order valence-corrected chi connectivity index (χ4v) is 2.72. The SMILES string of the molecule is CC(C)(C)OC(=O)NCC[C@@H](CO)N1CC(Oc2ccc(Cl)cc2)C1. The van der Waals surface area contributed by atoms with E-state index in [0.717, 1.165) is 18.8 Å². The van der Waals surface area contributed by atoms with Gasteiger partial charge < -0.3 is 19.9 Å². The van der Waals surface area contributed by atoms with Crippen LogP contribution in [0.25, 0.3) is 0 Å². The van der Waals surface area contributed by atoms with E-state index in [0.29, 0.717) is 18.0 Å². The van der Waals surface area contributed by atoms with Crippen molar-refractivity contribution in [3.8, 4) is 5.75 Å². The summed E-state index contributed by atoms with van der Waals surface area (Å²) in [6.07, 6.45) is 0.328. The number of benzene rings is 1. The number of hydrogen-bond acceptors (Lipinski definition) is 5. The summed E-state index contributed by atoms with van der Waals surface area (Å²) in [5.74, 6) is 0.793. The zero-order chi connectivity index (χ0) is 18.4. The number of nitrogens with zero attached hydrogens (tertiary/aromatic N) is 1. The molecule has 1 aromatic rings. The Hall–Kier alpha value is -1.50. The van der Waals surface area contributed by atoms with Crippen LogP contribution in [0.1, 0.15) is 27.2 Å². The van der Waals surface area contributed by atoms with E-state index < -0.39 is 11.7 Å². The van der Waals surface area contributed by atoms with Gasteiger partial charge in [0.1, 0.15) is 17.5 Å². The molecule has 0 unspecified atom stereocenters. The van der Waals surface area contributed by atoms with E-state index in [1.165, 1.54) is 0 Å². The number of nitrogens with one attached hydrogen (secondary N) is 1. The highest BCUT2D eigenvalue weighted by Gasteiger charge is 2.33. The number of aliphatic hydroxyl groups is 1. The van der Waals surface area contributed by atoms with Crippen molar-refractivity contribution in [1.29, 1.82) is 0 Å². The third-order valence-electron chi connectivity index (χ3n) is 3.87. The van der Waals surface area contributed by atoms with Gasteiger partial charge in [0.2, 0.25) is 0 Å². The molecule has 1 aliphatic rings. The molecule has 0 radical (unpaired) electrons. The highest BCUT2D eigenvalue weighted by Crippen LogP contribution is 2.22. The molecule has 0 aromatic heterocycles. The lowest BCUT2D eigenvalue weighted by Crippen LogP contribution is -2.59. The van der Waals surface area contributed by atoms with Crippen LogP contribution in [0.4, 0.5) is 4.79 Å². The zero-order valence-corrected chi connectivity index (χ0v) is 15.8. The molecule has 1 heterocycles. The number of likely N-dealkylation sites (tertiary alicyclic amines) is 1. The number of aliphatic hydroxyl groups excluding tert-OH is 1. The largest absolute Gasteiger partial charge is 0.488 e. The molecule has 1 aliphatic heterocycles. The van der Waals surface area contributed by atoms with Crippen LogP contribution in [-0.4, -0.2) is 60.1 Å². The Kier molecular flexibility index (Phi) is 6.93. The van der Waals surface area contributed by atoms with Crippen molar-refractivity contribution in [1.82, 2.24) is 10.2 Å². The van der Waals surface area contributed by atoms with Crippen LogP contribution in [-0.2, 0) is 4.74 Å². The van der Waals surface area contributed by atoms with Gasteiger partial charge in [-0.15, -0.1) is 0 Å². The van der Waals surface area contributed by atoms with Gasteiger partial charge in [-0.3, -0.25) is 4.90 Å². The number of rotatable bonds is 7. The lowest BCUT2D eigenvalue weighted by atomic mass is 10.1. The van der Waals surface area contributed by atoms with Gasteiger partial charge in [-0.05, 0) is 51.5 Å². The predicted octanol–water partition coefficient (Wildman–Crippen LogP) is 2.68. The maximum Gasteiger partial charge on any atom is 0.407 e. The first kappa shape index (κ1) is 19.8. The number of ether oxygens (including phenoxy) is 2. The van der Waals surface area contributed by atoms with Gasteiger partial charge in [-0.1, -0.05) is 11.6 Å². The minimum atomic E-state index is -0.510. The van der Waals surface area contributed by atoms with Crippen LogP contribution >= 0.6 is 11.6 Å². The van der Waals surface area contributed by atoms with E-state index >= 15 is 0 Å². The zero-order valence-electron chi connectivity index (χ0n) is 15.0. The van der Waals surface area contributed by atoms with Crippen molar-refractivity contribution < 1.29 is 19.4 Å². The second-order valence-electron chi connectivity index (χ2n) is 7.20. The Morgan fingerprint density at radius 2 is 2.00 bits per heavy atom. The van der Waals surface area contributed by atoms with Crippen LogP contribution in [0.2, 0.25) is 5.02 Å². The number of alkyl carbamates (subject to hydrolysis) is 1. The van der Waals surface area contributed by atoms with Crippen molar-refractivity contribution >= 4 is 17.7 Å². The lowest BCUT2D eigenvalue weighted by molar-refractivity contribution is -0.0265. The molecular formula is C18H27ClN2O4. The van der Waals surface area contributed by atoms with E-state index in [9.17, 15) is 9.90 Å². The molecule has 1 aromatic carbocycles. The third-order valence-corrected chi connectivity index (χ3v) is 4.12. The third kappa shape index (κ3) is 6.72. The second kappa shape index (κ2) is 8.74. The average molecular weight is 371 g/mol. The highest BCUT2D eigenvalue weighted by molar-refractivity contribution is 6.30. The van der Waals surface area contributed by atoms with Gasteiger partial charge in [0, 0.05) is 30.7 Å². The molecule has 0 spiro atoms. The summed E-state index contributed by atoms with van der Waals surface area (Å²) >= 11 is 5.86. The van der Waals surface area contributed by atoms with E-state index in [-0.39, 0.29) is 18.8 Å². The van der Waals surface area contributed by atoms with Crippen molar-refractivity contribution in [2.45, 2.75) is 44.9 Å². The molecule has 25 heavy (non-hydrogen) atoms. The number of amides is 1. The fourth-order valence-electron chi connectivity index (χ4n) is 2.59. The summed E-state index contributed by atoms with van der Waals surface area (Å²) in [5, 5.41) is 13.0. The summed E-state index contributed by atoms with van der Waals surface area (Å²) in [4.78, 5) is 13.8. The number of hydrogen-bond donors (Lipinski definition) is 2. The maximum absolute atomic E-state index is 11.6. The highest BCUT2D eigenvalue weighted by atomic mass is 35.5. The first-order valence-electron chi connectivity index (χ1n) is 8.51. The molecule has 2 rings (SSSR count). The Bertz CT molecular complexity index is 553. The summed E-state index contributed by atoms with van der Waals surface area (Å²) in [6, 6.07) is 7.29. The normalized spacial score (nSPS) is 16.8. The van der Waals surface area contributed by atoms with Gasteiger partial charge in [0.05, 0.1) is 6.61 Å². The van der Waals surface area contributed by atoms with Gasteiger partial charge in [0.25, 0.3) is 0 Å². The molecule has 2 N–H and O–H groups in total. The fraction of sp³-hybridized carbons (Fsp3) is 0.611. The number of carbonyl (C=O) groups excluding carboxylic acids is 1. The standard InChI is InChI=1S/C18H27ClN2O4/c1-18(2,3)25-17(23)20-9-8-14(12-22)21-10-16(11-21)24-15-6-4-13(19)5-7-15/h4-7,14,16,22H,8-12H2,1-3H3,(H,20,23)/t14-/m0/s1. The smallest absolute Gasteiger partial charge is 0.407 e. The molecule has 0 aliphatic carbocycles. The van der Waals surface area contributed by atoms with Gasteiger partial charge >= 0.3 is 6.09 Å². The average Bonchev–Trinajstić information content (AvgIpc) is 2.48. The summed E-state index contributed by atoms with van der Waals surface area (Å²) in [6.45, 7) is 7.47. The Morgan fingerprint density at radius 1 is 1.36 bits per heavy atom. The van der Waals surface area contributed by atoms with Crippen molar-refractivity contribution in [2.24, 2.45) is 0 Å². The lowest BCUT2D eigenvalue weighted by Gasteiger charge is -2.43. The molecule has 7 heteroatoms. The molecular weight excluding hydrogens is 344 g/mol. The molecule has 0 saturated carbocycles. The summed E-state index contributed by atoms with van der Waals surface area (Å²) in [7, 11) is 0. The number of halogens is 1. The first-order valence-corrected chi connectivity index (χ1v) is 8.88. The van der Waals surface area contributed by atoms with Gasteiger partial charge in [-0.2, -0.15) is 0 Å². The molecule has 1 saturated heterocycles. The number of carbonyl (C=O) groups is 1. The molecule has 1 fully saturated rings. The van der Waals surface area contributed by atoms with Crippen LogP contribution in [0.3, 0.4) is 0 Å². The van der Waals surface area contributed by atoms with Crippen LogP contribution in [0.5, 0.6) is 5.75 Å². The van der Waals surface area contributed by atoms with E-state index in [4.69, 9.17) is 21.1 Å². The van der Waals surface area contributed by atoms with Crippen LogP contribution in [0, 0.1) is 0 Å². The Morgan fingerprint density at radius 3 is 2.56 bits per heavy atom. The quantitative estimate of drug-likeness (QED) is 0.772. The first-order chi connectivity index (χ1) is 11.8. The van der Waals surface area contributed by atoms with Crippen molar-refractivity contribution in [3.63, 3.8) is 0 Å². The minimum Gasteiger partial charge on any atom is -0.488 e. The summed E-state index contributed by atoms with van der Waals surface area (Å²) < 4.78 is 11.0. The maximum atomic E-state index is 11.6. The monoisotopic (exact) mass is 370 g/mol. The molecule has 140 valence electrons. The Balaban J connectivity index is 1.67. The van der Waals surface area contributed by atoms with E-state index in [1.54, 1.807) is 12.1 Å². The second-order valence-corrected chi connectivity index (χ2v) is 7.64. The molecule has 1 atom stereocenters.